The maximum absolute atomic E-state index is 4.49. The molecule has 0 radical (unpaired) electrons. The van der Waals surface area contributed by atoms with E-state index in [9.17, 15) is 0 Å². The fraction of sp³-hybridized carbons (Fsp3) is 0.742. The van der Waals surface area contributed by atoms with Crippen LogP contribution in [0.4, 0.5) is 0 Å². The number of rotatable bonds is 2. The number of aromatic amines is 3. The van der Waals surface area contributed by atoms with Gasteiger partial charge in [-0.15, -0.1) is 0 Å². The first kappa shape index (κ1) is 33.6. The molecule has 0 atom stereocenters. The van der Waals surface area contributed by atoms with Crippen LogP contribution < -0.4 is 0 Å². The third-order valence-corrected chi connectivity index (χ3v) is 6.19. The molecule has 0 bridgehead atoms. The fourth-order valence-corrected chi connectivity index (χ4v) is 3.65. The van der Waals surface area contributed by atoms with Crippen molar-refractivity contribution in [3.05, 3.63) is 46.1 Å². The molecule has 216 valence electrons. The molecule has 3 aromatic heterocycles. The van der Waals surface area contributed by atoms with Crippen LogP contribution in [0.25, 0.3) is 0 Å². The van der Waals surface area contributed by atoms with E-state index in [1.165, 1.54) is 22.6 Å². The van der Waals surface area contributed by atoms with Gasteiger partial charge in [0, 0.05) is 33.0 Å². The molecular formula is C31H57N7. The summed E-state index contributed by atoms with van der Waals surface area (Å²) in [4.78, 5) is 4.49. The molecule has 0 saturated heterocycles. The van der Waals surface area contributed by atoms with Crippen molar-refractivity contribution >= 4 is 0 Å². The second-order valence-electron chi connectivity index (χ2n) is 15.1. The first-order valence-corrected chi connectivity index (χ1v) is 14.0. The summed E-state index contributed by atoms with van der Waals surface area (Å²) in [6.07, 6.45) is 0. The van der Waals surface area contributed by atoms with Crippen molar-refractivity contribution < 1.29 is 0 Å². The second kappa shape index (κ2) is 12.2. The van der Waals surface area contributed by atoms with Crippen molar-refractivity contribution in [2.24, 2.45) is 0 Å². The van der Waals surface area contributed by atoms with Gasteiger partial charge in [0.05, 0.1) is 11.4 Å². The number of H-pyrrole nitrogens is 3. The van der Waals surface area contributed by atoms with Crippen molar-refractivity contribution in [2.45, 2.75) is 151 Å². The molecule has 7 nitrogen and oxygen atoms in total. The topological polar surface area (TPSA) is 98.9 Å². The highest BCUT2D eigenvalue weighted by Crippen LogP contribution is 2.28. The van der Waals surface area contributed by atoms with Gasteiger partial charge in [-0.1, -0.05) is 111 Å². The van der Waals surface area contributed by atoms with Gasteiger partial charge in [0.2, 0.25) is 0 Å². The lowest BCUT2D eigenvalue weighted by Gasteiger charge is -2.16. The molecule has 0 aromatic carbocycles. The smallest absolute Gasteiger partial charge is 0.156 e. The third kappa shape index (κ3) is 9.70. The van der Waals surface area contributed by atoms with E-state index in [-0.39, 0.29) is 21.7 Å². The molecular weight excluding hydrogens is 470 g/mol. The first-order valence-electron chi connectivity index (χ1n) is 14.0. The van der Waals surface area contributed by atoms with E-state index in [1.807, 2.05) is 0 Å². The Hall–Kier alpha value is -2.44. The highest BCUT2D eigenvalue weighted by atomic mass is 15.2. The molecule has 0 spiro atoms. The number of nitrogens with zero attached hydrogens (tertiary/aromatic N) is 4. The van der Waals surface area contributed by atoms with Crippen LogP contribution in [0.3, 0.4) is 0 Å². The molecule has 0 unspecified atom stereocenters. The van der Waals surface area contributed by atoms with Crippen LogP contribution in [0, 0.1) is 6.92 Å². The molecule has 0 saturated carbocycles. The average molecular weight is 528 g/mol. The van der Waals surface area contributed by atoms with Crippen molar-refractivity contribution in [3.63, 3.8) is 0 Å². The quantitative estimate of drug-likeness (QED) is 0.312. The van der Waals surface area contributed by atoms with Crippen LogP contribution in [0.2, 0.25) is 0 Å². The average Bonchev–Trinajstić information content (AvgIpc) is 3.46. The Bertz CT molecular complexity index is 1090. The zero-order valence-electron chi connectivity index (χ0n) is 27.5. The van der Waals surface area contributed by atoms with Crippen molar-refractivity contribution in [1.29, 1.82) is 0 Å². The minimum atomic E-state index is 0.0278. The van der Waals surface area contributed by atoms with Gasteiger partial charge in [-0.05, 0) is 30.4 Å². The predicted molar refractivity (Wildman–Crippen MR) is 161 cm³/mol. The van der Waals surface area contributed by atoms with Crippen molar-refractivity contribution in [2.75, 3.05) is 0 Å². The number of hydrogen-bond acceptors (Lipinski definition) is 4. The zero-order valence-corrected chi connectivity index (χ0v) is 27.5. The minimum Gasteiger partial charge on any atom is -0.282 e. The number of nitrogens with one attached hydrogen (secondary N) is 3. The lowest BCUT2D eigenvalue weighted by atomic mass is 9.88. The van der Waals surface area contributed by atoms with E-state index >= 15 is 0 Å². The molecule has 0 amide bonds. The minimum absolute atomic E-state index is 0.0278. The van der Waals surface area contributed by atoms with E-state index in [0.717, 1.165) is 17.3 Å². The summed E-state index contributed by atoms with van der Waals surface area (Å²) in [6, 6.07) is 2.16. The highest BCUT2D eigenvalue weighted by Gasteiger charge is 2.24. The van der Waals surface area contributed by atoms with E-state index in [4.69, 9.17) is 0 Å². The van der Waals surface area contributed by atoms with Gasteiger partial charge in [0.15, 0.2) is 5.82 Å². The maximum atomic E-state index is 4.49. The third-order valence-electron chi connectivity index (χ3n) is 6.19. The molecule has 0 fully saturated rings. The van der Waals surface area contributed by atoms with Gasteiger partial charge in [0.1, 0.15) is 5.82 Å². The lowest BCUT2D eigenvalue weighted by molar-refractivity contribution is 0.533. The van der Waals surface area contributed by atoms with Gasteiger partial charge >= 0.3 is 0 Å². The highest BCUT2D eigenvalue weighted by molar-refractivity contribution is 5.30. The van der Waals surface area contributed by atoms with Gasteiger partial charge < -0.3 is 0 Å². The summed E-state index contributed by atoms with van der Waals surface area (Å²) < 4.78 is 0. The van der Waals surface area contributed by atoms with Crippen LogP contribution in [0.1, 0.15) is 163 Å². The van der Waals surface area contributed by atoms with Crippen LogP contribution >= 0.6 is 0 Å². The summed E-state index contributed by atoms with van der Waals surface area (Å²) >= 11 is 0. The predicted octanol–water partition coefficient (Wildman–Crippen LogP) is 8.37. The molecule has 0 aliphatic carbocycles. The fourth-order valence-electron chi connectivity index (χ4n) is 3.65. The SMILES string of the molecule is CC(C)(C)c1n[nH]c(C(C)(C)C)n1.CC(C)c1cc(C(C)(C)C)n[nH]1.Cc1c(C(C)(C)C)n[nH]c1C(C)C. The van der Waals surface area contributed by atoms with Gasteiger partial charge in [-0.2, -0.15) is 15.3 Å². The summed E-state index contributed by atoms with van der Waals surface area (Å²) in [6.45, 7) is 36.7. The molecule has 7 heteroatoms. The Morgan fingerprint density at radius 2 is 1.16 bits per heavy atom. The van der Waals surface area contributed by atoms with E-state index in [0.29, 0.717) is 11.8 Å². The molecule has 3 aromatic rings. The normalized spacial score (nSPS) is 12.8. The van der Waals surface area contributed by atoms with E-state index in [2.05, 4.69) is 159 Å². The molecule has 0 aliphatic heterocycles. The molecule has 3 N–H and O–H groups in total. The van der Waals surface area contributed by atoms with Crippen molar-refractivity contribution in [1.82, 2.24) is 35.6 Å². The monoisotopic (exact) mass is 527 g/mol. The van der Waals surface area contributed by atoms with E-state index in [1.54, 1.807) is 0 Å². The maximum Gasteiger partial charge on any atom is 0.156 e. The zero-order chi connectivity index (χ0) is 29.9. The van der Waals surface area contributed by atoms with Crippen LogP contribution in [-0.2, 0) is 21.7 Å². The standard InChI is InChI=1S/C11H20N2.C10H19N3.C10H18N2/c1-7(2)9-8(3)10(13-12-9)11(4,5)6;1-9(2,3)7-11-8(13-12-7)10(4,5)6;1-7(2)8-6-9(12-11-8)10(3,4)5/h7H,1-6H3,(H,12,13);1-6H3,(H,11,12,13);6-7H,1-5H3,(H,11,12). The van der Waals surface area contributed by atoms with E-state index < -0.39 is 0 Å². The molecule has 38 heavy (non-hydrogen) atoms. The summed E-state index contributed by atoms with van der Waals surface area (Å²) in [5.74, 6) is 2.91. The summed E-state index contributed by atoms with van der Waals surface area (Å²) in [7, 11) is 0. The van der Waals surface area contributed by atoms with Gasteiger partial charge in [0.25, 0.3) is 0 Å². The largest absolute Gasteiger partial charge is 0.282 e. The molecule has 3 rings (SSSR count). The van der Waals surface area contributed by atoms with Gasteiger partial charge in [-0.3, -0.25) is 15.3 Å². The Labute approximate surface area is 232 Å². The number of aromatic nitrogens is 7. The van der Waals surface area contributed by atoms with Gasteiger partial charge in [-0.25, -0.2) is 4.98 Å². The molecule has 3 heterocycles. The lowest BCUT2D eigenvalue weighted by Crippen LogP contribution is -2.16. The Morgan fingerprint density at radius 3 is 1.39 bits per heavy atom. The Kier molecular flexibility index (Phi) is 10.8. The number of hydrogen-bond donors (Lipinski definition) is 3. The van der Waals surface area contributed by atoms with Crippen LogP contribution in [-0.4, -0.2) is 35.6 Å². The first-order chi connectivity index (χ1) is 17.0. The summed E-state index contributed by atoms with van der Waals surface area (Å²) in [5.41, 5.74) is 6.53. The van der Waals surface area contributed by atoms with Crippen molar-refractivity contribution in [3.8, 4) is 0 Å². The van der Waals surface area contributed by atoms with Crippen LogP contribution in [0.5, 0.6) is 0 Å². The van der Waals surface area contributed by atoms with Crippen LogP contribution in [0.15, 0.2) is 6.07 Å². The second-order valence-corrected chi connectivity index (χ2v) is 15.1. The summed E-state index contributed by atoms with van der Waals surface area (Å²) in [5, 5.41) is 22.1. The Morgan fingerprint density at radius 1 is 0.605 bits per heavy atom. The Balaban J connectivity index is 0.000000285. The molecule has 0 aliphatic rings.